The molecule has 70 valence electrons. The van der Waals surface area contributed by atoms with Crippen LogP contribution < -0.4 is 5.73 Å². The van der Waals surface area contributed by atoms with Crippen molar-refractivity contribution in [2.75, 3.05) is 6.61 Å². The molecule has 1 aliphatic carbocycles. The van der Waals surface area contributed by atoms with Crippen LogP contribution in [0.5, 0.6) is 0 Å². The van der Waals surface area contributed by atoms with Crippen molar-refractivity contribution in [3.8, 4) is 0 Å². The first-order valence-electron chi connectivity index (χ1n) is 5.18. The molecule has 0 amide bonds. The van der Waals surface area contributed by atoms with E-state index in [1.165, 1.54) is 32.1 Å². The third kappa shape index (κ3) is 1.27. The zero-order chi connectivity index (χ0) is 8.60. The molecule has 12 heavy (non-hydrogen) atoms. The Morgan fingerprint density at radius 2 is 2.33 bits per heavy atom. The second kappa shape index (κ2) is 3.00. The third-order valence-electron chi connectivity index (χ3n) is 3.47. The highest BCUT2D eigenvalue weighted by Crippen LogP contribution is 2.48. The second-order valence-electron chi connectivity index (χ2n) is 4.28. The predicted molar refractivity (Wildman–Crippen MR) is 48.9 cm³/mol. The summed E-state index contributed by atoms with van der Waals surface area (Å²) in [5, 5.41) is 0. The first-order valence-corrected chi connectivity index (χ1v) is 5.18. The van der Waals surface area contributed by atoms with E-state index in [1.54, 1.807) is 0 Å². The average Bonchev–Trinajstić information content (AvgIpc) is 2.81. The largest absolute Gasteiger partial charge is 0.376 e. The van der Waals surface area contributed by atoms with Crippen LogP contribution in [0.15, 0.2) is 0 Å². The van der Waals surface area contributed by atoms with Crippen LogP contribution in [0, 0.1) is 5.92 Å². The Kier molecular flexibility index (Phi) is 2.13. The summed E-state index contributed by atoms with van der Waals surface area (Å²) in [6.45, 7) is 3.15. The molecule has 0 aromatic heterocycles. The van der Waals surface area contributed by atoms with E-state index in [9.17, 15) is 0 Å². The molecule has 2 rings (SSSR count). The van der Waals surface area contributed by atoms with Gasteiger partial charge in [-0.1, -0.05) is 13.3 Å². The topological polar surface area (TPSA) is 35.2 Å². The van der Waals surface area contributed by atoms with Gasteiger partial charge in [-0.2, -0.15) is 0 Å². The minimum Gasteiger partial charge on any atom is -0.376 e. The number of hydrogen-bond donors (Lipinski definition) is 1. The number of ether oxygens (including phenoxy) is 1. The maximum Gasteiger partial charge on any atom is 0.0757 e. The summed E-state index contributed by atoms with van der Waals surface area (Å²) < 4.78 is 5.71. The van der Waals surface area contributed by atoms with Crippen LogP contribution >= 0.6 is 0 Å². The van der Waals surface area contributed by atoms with Gasteiger partial charge in [0.2, 0.25) is 0 Å². The lowest BCUT2D eigenvalue weighted by Crippen LogP contribution is -2.43. The standard InChI is InChI=1S/C10H19NO/c1-2-8-7-10(8,11)9-5-3-4-6-12-9/h8-9H,2-7,11H2,1H3. The Morgan fingerprint density at radius 3 is 2.83 bits per heavy atom. The van der Waals surface area contributed by atoms with E-state index in [1.807, 2.05) is 0 Å². The molecule has 0 radical (unpaired) electrons. The summed E-state index contributed by atoms with van der Waals surface area (Å²) in [6, 6.07) is 0. The van der Waals surface area contributed by atoms with Crippen LogP contribution in [0.4, 0.5) is 0 Å². The van der Waals surface area contributed by atoms with Gasteiger partial charge in [0.05, 0.1) is 6.10 Å². The first-order chi connectivity index (χ1) is 5.77. The van der Waals surface area contributed by atoms with Crippen molar-refractivity contribution in [3.63, 3.8) is 0 Å². The van der Waals surface area contributed by atoms with Crippen LogP contribution in [0.25, 0.3) is 0 Å². The van der Waals surface area contributed by atoms with Gasteiger partial charge in [-0.15, -0.1) is 0 Å². The molecule has 3 atom stereocenters. The van der Waals surface area contributed by atoms with Crippen molar-refractivity contribution in [1.82, 2.24) is 0 Å². The highest BCUT2D eigenvalue weighted by atomic mass is 16.5. The average molecular weight is 169 g/mol. The lowest BCUT2D eigenvalue weighted by atomic mass is 9.98. The van der Waals surface area contributed by atoms with Crippen LogP contribution in [-0.2, 0) is 4.74 Å². The zero-order valence-electron chi connectivity index (χ0n) is 7.88. The molecule has 3 unspecified atom stereocenters. The summed E-state index contributed by atoms with van der Waals surface area (Å²) >= 11 is 0. The van der Waals surface area contributed by atoms with Crippen LogP contribution in [0.1, 0.15) is 39.0 Å². The minimum atomic E-state index is 0.0647. The van der Waals surface area contributed by atoms with E-state index < -0.39 is 0 Å². The molecule has 0 aromatic carbocycles. The van der Waals surface area contributed by atoms with Crippen molar-refractivity contribution in [3.05, 3.63) is 0 Å². The van der Waals surface area contributed by atoms with E-state index >= 15 is 0 Å². The van der Waals surface area contributed by atoms with Gasteiger partial charge in [0.25, 0.3) is 0 Å². The van der Waals surface area contributed by atoms with Gasteiger partial charge in [0.1, 0.15) is 0 Å². The van der Waals surface area contributed by atoms with Crippen molar-refractivity contribution in [1.29, 1.82) is 0 Å². The Balaban J connectivity index is 1.91. The molecule has 2 fully saturated rings. The molecule has 1 aliphatic heterocycles. The second-order valence-corrected chi connectivity index (χ2v) is 4.28. The van der Waals surface area contributed by atoms with Gasteiger partial charge in [-0.3, -0.25) is 0 Å². The maximum absolute atomic E-state index is 6.25. The number of nitrogens with two attached hydrogens (primary N) is 1. The summed E-state index contributed by atoms with van der Waals surface area (Å²) in [6.07, 6.45) is 6.50. The summed E-state index contributed by atoms with van der Waals surface area (Å²) in [5.41, 5.74) is 6.32. The Bertz CT molecular complexity index is 165. The summed E-state index contributed by atoms with van der Waals surface area (Å²) in [7, 11) is 0. The number of rotatable bonds is 2. The Hall–Kier alpha value is -0.0800. The lowest BCUT2D eigenvalue weighted by molar-refractivity contribution is -0.00978. The minimum absolute atomic E-state index is 0.0647. The van der Waals surface area contributed by atoms with Gasteiger partial charge < -0.3 is 10.5 Å². The molecular formula is C10H19NO. The Morgan fingerprint density at radius 1 is 1.50 bits per heavy atom. The van der Waals surface area contributed by atoms with Gasteiger partial charge >= 0.3 is 0 Å². The highest BCUT2D eigenvalue weighted by molar-refractivity contribution is 5.12. The molecule has 0 aromatic rings. The third-order valence-corrected chi connectivity index (χ3v) is 3.47. The van der Waals surface area contributed by atoms with E-state index in [2.05, 4.69) is 6.92 Å². The van der Waals surface area contributed by atoms with Gasteiger partial charge in [-0.05, 0) is 31.6 Å². The highest BCUT2D eigenvalue weighted by Gasteiger charge is 2.55. The van der Waals surface area contributed by atoms with Crippen LogP contribution in [-0.4, -0.2) is 18.2 Å². The maximum atomic E-state index is 6.25. The fourth-order valence-corrected chi connectivity index (χ4v) is 2.45. The summed E-state index contributed by atoms with van der Waals surface area (Å²) in [5.74, 6) is 0.737. The molecule has 1 saturated heterocycles. The quantitative estimate of drug-likeness (QED) is 0.682. The predicted octanol–water partition coefficient (Wildman–Crippen LogP) is 1.68. The molecule has 1 saturated carbocycles. The van der Waals surface area contributed by atoms with Crippen molar-refractivity contribution in [2.24, 2.45) is 11.7 Å². The van der Waals surface area contributed by atoms with Crippen molar-refractivity contribution < 1.29 is 4.74 Å². The molecule has 0 spiro atoms. The van der Waals surface area contributed by atoms with E-state index in [0.717, 1.165) is 12.5 Å². The van der Waals surface area contributed by atoms with Crippen LogP contribution in [0.2, 0.25) is 0 Å². The van der Waals surface area contributed by atoms with E-state index in [0.29, 0.717) is 6.10 Å². The molecule has 2 N–H and O–H groups in total. The Labute approximate surface area is 74.5 Å². The monoisotopic (exact) mass is 169 g/mol. The van der Waals surface area contributed by atoms with Crippen molar-refractivity contribution in [2.45, 2.75) is 50.7 Å². The SMILES string of the molecule is CCC1CC1(N)C1CCCCO1. The van der Waals surface area contributed by atoms with Gasteiger partial charge in [0.15, 0.2) is 0 Å². The van der Waals surface area contributed by atoms with Gasteiger partial charge in [0, 0.05) is 12.1 Å². The molecular weight excluding hydrogens is 150 g/mol. The normalized spacial score (nSPS) is 47.5. The van der Waals surface area contributed by atoms with Crippen molar-refractivity contribution >= 4 is 0 Å². The fraction of sp³-hybridized carbons (Fsp3) is 1.00. The first kappa shape index (κ1) is 8.52. The van der Waals surface area contributed by atoms with Gasteiger partial charge in [-0.25, -0.2) is 0 Å². The summed E-state index contributed by atoms with van der Waals surface area (Å²) in [4.78, 5) is 0. The van der Waals surface area contributed by atoms with E-state index in [4.69, 9.17) is 10.5 Å². The fourth-order valence-electron chi connectivity index (χ4n) is 2.45. The molecule has 1 heterocycles. The molecule has 2 heteroatoms. The lowest BCUT2D eigenvalue weighted by Gasteiger charge is -2.28. The molecule has 2 aliphatic rings. The number of hydrogen-bond acceptors (Lipinski definition) is 2. The van der Waals surface area contributed by atoms with Crippen LogP contribution in [0.3, 0.4) is 0 Å². The zero-order valence-corrected chi connectivity index (χ0v) is 7.88. The van der Waals surface area contributed by atoms with E-state index in [-0.39, 0.29) is 5.54 Å². The smallest absolute Gasteiger partial charge is 0.0757 e. The molecule has 0 bridgehead atoms. The molecule has 2 nitrogen and oxygen atoms in total.